The summed E-state index contributed by atoms with van der Waals surface area (Å²) < 4.78 is 15.6. The average molecular weight is 433 g/mol. The van der Waals surface area contributed by atoms with Gasteiger partial charge in [0.1, 0.15) is 10.8 Å². The van der Waals surface area contributed by atoms with Gasteiger partial charge >= 0.3 is 5.69 Å². The quantitative estimate of drug-likeness (QED) is 0.486. The first-order chi connectivity index (χ1) is 14.5. The monoisotopic (exact) mass is 432 g/mol. The summed E-state index contributed by atoms with van der Waals surface area (Å²) in [5, 5.41) is 3.22. The largest absolute Gasteiger partial charge is 0.348 e. The molecule has 1 N–H and O–H groups in total. The highest BCUT2D eigenvalue weighted by Gasteiger charge is 2.21. The molecule has 30 heavy (non-hydrogen) atoms. The predicted molar refractivity (Wildman–Crippen MR) is 119 cm³/mol. The molecule has 1 aliphatic carbocycles. The summed E-state index contributed by atoms with van der Waals surface area (Å²) in [5.74, 6) is -0.708. The van der Waals surface area contributed by atoms with Crippen LogP contribution in [0, 0.1) is 5.82 Å². The Bertz CT molecular complexity index is 943. The van der Waals surface area contributed by atoms with E-state index in [2.05, 4.69) is 29.0 Å². The minimum atomic E-state index is -0.470. The van der Waals surface area contributed by atoms with Crippen molar-refractivity contribution in [3.05, 3.63) is 51.8 Å². The molecule has 0 radical (unpaired) electrons. The van der Waals surface area contributed by atoms with Crippen LogP contribution in [0.2, 0.25) is 0 Å². The lowest BCUT2D eigenvalue weighted by atomic mass is 9.97. The Labute approximate surface area is 180 Å². The summed E-state index contributed by atoms with van der Waals surface area (Å²) in [6.07, 6.45) is 3.84. The standard InChI is InChI=1S/C22H29FN4O2S/c1-3-26(4-2)13-14-27-19-12-8-5-9-16(19)21(25-22(27)29)30-15-20(28)24-18-11-7-6-10-17(18)23/h6-7,10-11H,3-5,8-9,12-15H2,1-2H3,(H,24,28). The van der Waals surface area contributed by atoms with E-state index >= 15 is 0 Å². The van der Waals surface area contributed by atoms with E-state index in [-0.39, 0.29) is 23.0 Å². The third kappa shape index (κ3) is 5.49. The van der Waals surface area contributed by atoms with Gasteiger partial charge in [0.25, 0.3) is 0 Å². The number of para-hydroxylation sites is 1. The van der Waals surface area contributed by atoms with Crippen LogP contribution in [0.4, 0.5) is 10.1 Å². The van der Waals surface area contributed by atoms with Crippen molar-refractivity contribution in [2.75, 3.05) is 30.7 Å². The molecule has 2 aromatic rings. The van der Waals surface area contributed by atoms with Crippen molar-refractivity contribution in [2.24, 2.45) is 0 Å². The molecule has 0 aliphatic heterocycles. The number of carbonyl (C=O) groups is 1. The van der Waals surface area contributed by atoms with Crippen LogP contribution in [0.25, 0.3) is 0 Å². The molecule has 1 aliphatic rings. The van der Waals surface area contributed by atoms with Crippen LogP contribution >= 0.6 is 11.8 Å². The number of hydrogen-bond donors (Lipinski definition) is 1. The van der Waals surface area contributed by atoms with Crippen molar-refractivity contribution >= 4 is 23.4 Å². The molecular formula is C22H29FN4O2S. The van der Waals surface area contributed by atoms with Crippen LogP contribution in [0.1, 0.15) is 37.9 Å². The molecule has 3 rings (SSSR count). The van der Waals surface area contributed by atoms with Crippen molar-refractivity contribution in [1.82, 2.24) is 14.5 Å². The van der Waals surface area contributed by atoms with Gasteiger partial charge in [-0.2, -0.15) is 4.98 Å². The molecule has 6 nitrogen and oxygen atoms in total. The molecule has 0 fully saturated rings. The van der Waals surface area contributed by atoms with Crippen LogP contribution in [0.5, 0.6) is 0 Å². The van der Waals surface area contributed by atoms with Crippen molar-refractivity contribution < 1.29 is 9.18 Å². The summed E-state index contributed by atoms with van der Waals surface area (Å²) in [4.78, 5) is 31.6. The Balaban J connectivity index is 1.74. The SMILES string of the molecule is CCN(CC)CCn1c2c(c(SCC(=O)Nc3ccccc3F)nc1=O)CCCC2. The fourth-order valence-electron chi connectivity index (χ4n) is 3.76. The summed E-state index contributed by atoms with van der Waals surface area (Å²) in [6, 6.07) is 6.07. The van der Waals surface area contributed by atoms with Crippen LogP contribution in [0.3, 0.4) is 0 Å². The number of thioether (sulfide) groups is 1. The van der Waals surface area contributed by atoms with E-state index in [0.717, 1.165) is 56.6 Å². The minimum absolute atomic E-state index is 0.0800. The first-order valence-corrected chi connectivity index (χ1v) is 11.5. The number of nitrogens with one attached hydrogen (secondary N) is 1. The number of rotatable bonds is 9. The van der Waals surface area contributed by atoms with E-state index in [4.69, 9.17) is 0 Å². The fourth-order valence-corrected chi connectivity index (χ4v) is 4.64. The molecule has 0 saturated heterocycles. The molecule has 1 aromatic carbocycles. The van der Waals surface area contributed by atoms with Crippen molar-refractivity contribution in [1.29, 1.82) is 0 Å². The lowest BCUT2D eigenvalue weighted by molar-refractivity contribution is -0.113. The second kappa shape index (κ2) is 10.7. The average Bonchev–Trinajstić information content (AvgIpc) is 2.76. The third-order valence-electron chi connectivity index (χ3n) is 5.47. The summed E-state index contributed by atoms with van der Waals surface area (Å²) in [6.45, 7) is 7.59. The maximum Gasteiger partial charge on any atom is 0.348 e. The van der Waals surface area contributed by atoms with Gasteiger partial charge in [0, 0.05) is 24.3 Å². The molecule has 0 saturated carbocycles. The number of anilines is 1. The molecular weight excluding hydrogens is 403 g/mol. The fraction of sp³-hybridized carbons (Fsp3) is 0.500. The van der Waals surface area contributed by atoms with Gasteiger partial charge in [-0.25, -0.2) is 9.18 Å². The first-order valence-electron chi connectivity index (χ1n) is 10.6. The second-order valence-electron chi connectivity index (χ2n) is 7.33. The van der Waals surface area contributed by atoms with Crippen molar-refractivity contribution in [3.63, 3.8) is 0 Å². The molecule has 162 valence electrons. The van der Waals surface area contributed by atoms with E-state index in [9.17, 15) is 14.0 Å². The number of halogens is 1. The molecule has 8 heteroatoms. The zero-order chi connectivity index (χ0) is 21.5. The third-order valence-corrected chi connectivity index (χ3v) is 6.49. The van der Waals surface area contributed by atoms with Gasteiger partial charge < -0.3 is 10.2 Å². The lowest BCUT2D eigenvalue weighted by Gasteiger charge is -2.24. The van der Waals surface area contributed by atoms with Gasteiger partial charge in [-0.05, 0) is 50.9 Å². The maximum absolute atomic E-state index is 13.7. The molecule has 1 amide bonds. The number of fused-ring (bicyclic) bond motifs is 1. The van der Waals surface area contributed by atoms with E-state index in [1.807, 2.05) is 4.57 Å². The molecule has 0 unspecified atom stereocenters. The Morgan fingerprint density at radius 2 is 1.97 bits per heavy atom. The summed E-state index contributed by atoms with van der Waals surface area (Å²) in [7, 11) is 0. The number of hydrogen-bond acceptors (Lipinski definition) is 5. The maximum atomic E-state index is 13.7. The number of amides is 1. The smallest absolute Gasteiger partial charge is 0.323 e. The molecule has 0 atom stereocenters. The summed E-state index contributed by atoms with van der Waals surface area (Å²) >= 11 is 1.26. The van der Waals surface area contributed by atoms with Gasteiger partial charge in [0.05, 0.1) is 11.4 Å². The minimum Gasteiger partial charge on any atom is -0.323 e. The Kier molecular flexibility index (Phi) is 8.04. The van der Waals surface area contributed by atoms with Gasteiger partial charge in [-0.3, -0.25) is 9.36 Å². The summed E-state index contributed by atoms with van der Waals surface area (Å²) in [5.41, 5.74) is 2.05. The lowest BCUT2D eigenvalue weighted by Crippen LogP contribution is -2.35. The van der Waals surface area contributed by atoms with Crippen LogP contribution in [0.15, 0.2) is 34.1 Å². The highest BCUT2D eigenvalue weighted by Crippen LogP contribution is 2.28. The first kappa shape index (κ1) is 22.5. The molecule has 1 aromatic heterocycles. The van der Waals surface area contributed by atoms with Gasteiger partial charge in [0.15, 0.2) is 0 Å². The Morgan fingerprint density at radius 1 is 1.23 bits per heavy atom. The van der Waals surface area contributed by atoms with Gasteiger partial charge in [0.2, 0.25) is 5.91 Å². The molecule has 0 spiro atoms. The van der Waals surface area contributed by atoms with E-state index in [1.54, 1.807) is 12.1 Å². The molecule has 1 heterocycles. The highest BCUT2D eigenvalue weighted by atomic mass is 32.2. The number of carbonyl (C=O) groups excluding carboxylic acids is 1. The van der Waals surface area contributed by atoms with Gasteiger partial charge in [-0.1, -0.05) is 37.7 Å². The second-order valence-corrected chi connectivity index (χ2v) is 8.29. The normalized spacial score (nSPS) is 13.3. The molecule has 0 bridgehead atoms. The van der Waals surface area contributed by atoms with E-state index < -0.39 is 5.82 Å². The van der Waals surface area contributed by atoms with Gasteiger partial charge in [-0.15, -0.1) is 0 Å². The Morgan fingerprint density at radius 3 is 2.70 bits per heavy atom. The predicted octanol–water partition coefficient (Wildman–Crippen LogP) is 3.33. The topological polar surface area (TPSA) is 67.2 Å². The number of benzene rings is 1. The van der Waals surface area contributed by atoms with Crippen LogP contribution in [-0.4, -0.2) is 45.7 Å². The van der Waals surface area contributed by atoms with Crippen LogP contribution < -0.4 is 11.0 Å². The zero-order valence-corrected chi connectivity index (χ0v) is 18.4. The van der Waals surface area contributed by atoms with E-state index in [1.165, 1.54) is 23.9 Å². The Hall–Kier alpha value is -2.19. The number of aromatic nitrogens is 2. The highest BCUT2D eigenvalue weighted by molar-refractivity contribution is 8.00. The number of nitrogens with zero attached hydrogens (tertiary/aromatic N) is 3. The van der Waals surface area contributed by atoms with Crippen LogP contribution in [-0.2, 0) is 24.2 Å². The van der Waals surface area contributed by atoms with E-state index in [0.29, 0.717) is 11.6 Å². The zero-order valence-electron chi connectivity index (χ0n) is 17.6. The number of likely N-dealkylation sites (N-methyl/N-ethyl adjacent to an activating group) is 1. The van der Waals surface area contributed by atoms with Crippen molar-refractivity contribution in [3.8, 4) is 0 Å². The van der Waals surface area contributed by atoms with Crippen molar-refractivity contribution in [2.45, 2.75) is 51.1 Å².